The molecule has 40 heavy (non-hydrogen) atoms. The monoisotopic (exact) mass is 556 g/mol. The second-order valence-corrected chi connectivity index (χ2v) is 10.2. The number of rotatable bonds is 7. The lowest BCUT2D eigenvalue weighted by molar-refractivity contribution is -0.154. The molecule has 0 N–H and O–H groups in total. The maximum absolute atomic E-state index is 13.6. The van der Waals surface area contributed by atoms with Crippen molar-refractivity contribution < 1.29 is 28.7 Å². The van der Waals surface area contributed by atoms with Gasteiger partial charge in [0.15, 0.2) is 5.78 Å². The van der Waals surface area contributed by atoms with Crippen LogP contribution in [0.1, 0.15) is 50.8 Å². The molecule has 3 aromatic rings. The highest BCUT2D eigenvalue weighted by Gasteiger charge is 2.51. The van der Waals surface area contributed by atoms with E-state index in [0.717, 1.165) is 15.6 Å². The molecule has 1 heterocycles. The van der Waals surface area contributed by atoms with Gasteiger partial charge in [0.25, 0.3) is 17.7 Å². The molecule has 0 aromatic heterocycles. The summed E-state index contributed by atoms with van der Waals surface area (Å²) in [5.74, 6) is -3.65. The van der Waals surface area contributed by atoms with E-state index >= 15 is 0 Å². The fourth-order valence-electron chi connectivity index (χ4n) is 4.91. The van der Waals surface area contributed by atoms with Gasteiger partial charge in [-0.1, -0.05) is 41.4 Å². The summed E-state index contributed by atoms with van der Waals surface area (Å²) >= 11 is 5.97. The first-order valence-corrected chi connectivity index (χ1v) is 13.1. The number of hydrazine groups is 1. The molecule has 1 fully saturated rings. The van der Waals surface area contributed by atoms with Crippen LogP contribution in [0.25, 0.3) is 0 Å². The topological polar surface area (TPSA) is 101 Å². The number of ketones is 1. The van der Waals surface area contributed by atoms with E-state index in [0.29, 0.717) is 23.4 Å². The molecule has 3 aromatic carbocycles. The van der Waals surface area contributed by atoms with Gasteiger partial charge in [-0.2, -0.15) is 5.01 Å². The van der Waals surface area contributed by atoms with Gasteiger partial charge in [0.2, 0.25) is 0 Å². The number of benzene rings is 3. The quantitative estimate of drug-likeness (QED) is 0.131. The van der Waals surface area contributed by atoms with Crippen LogP contribution in [0.15, 0.2) is 90.5 Å². The summed E-state index contributed by atoms with van der Waals surface area (Å²) < 4.78 is 5.37. The zero-order valence-electron chi connectivity index (χ0n) is 21.6. The number of carbonyl (C=O) groups excluding carboxylic acids is 5. The second-order valence-electron chi connectivity index (χ2n) is 9.76. The van der Waals surface area contributed by atoms with Crippen LogP contribution in [0.2, 0.25) is 5.02 Å². The van der Waals surface area contributed by atoms with Gasteiger partial charge in [-0.3, -0.25) is 19.2 Å². The predicted molar refractivity (Wildman–Crippen MR) is 146 cm³/mol. The molecular weight excluding hydrogens is 532 g/mol. The lowest BCUT2D eigenvalue weighted by Crippen LogP contribution is -2.52. The smallest absolute Gasteiger partial charge is 0.343 e. The number of allylic oxidation sites excluding steroid dienone is 2. The van der Waals surface area contributed by atoms with Gasteiger partial charge >= 0.3 is 5.97 Å². The molecule has 1 saturated heterocycles. The number of hydrogen-bond donors (Lipinski definition) is 0. The van der Waals surface area contributed by atoms with Crippen molar-refractivity contribution in [2.45, 2.75) is 19.8 Å². The highest BCUT2D eigenvalue weighted by Crippen LogP contribution is 2.38. The van der Waals surface area contributed by atoms with Gasteiger partial charge in [0.1, 0.15) is 12.3 Å². The number of ether oxygens (including phenoxy) is 1. The normalized spacial score (nSPS) is 18.1. The molecule has 0 radical (unpaired) electrons. The van der Waals surface area contributed by atoms with Gasteiger partial charge in [0.05, 0.1) is 17.4 Å². The Morgan fingerprint density at radius 1 is 0.850 bits per heavy atom. The summed E-state index contributed by atoms with van der Waals surface area (Å²) in [6, 6.07) is 20.3. The third-order valence-corrected chi connectivity index (χ3v) is 7.31. The van der Waals surface area contributed by atoms with Crippen LogP contribution in [-0.2, 0) is 9.59 Å². The lowest BCUT2D eigenvalue weighted by atomic mass is 9.82. The number of fused-ring (bicyclic) bond motifs is 1. The summed E-state index contributed by atoms with van der Waals surface area (Å²) in [4.78, 5) is 66.1. The van der Waals surface area contributed by atoms with E-state index in [1.807, 2.05) is 13.0 Å². The predicted octanol–water partition coefficient (Wildman–Crippen LogP) is 5.14. The van der Waals surface area contributed by atoms with Crippen molar-refractivity contribution in [3.8, 4) is 5.75 Å². The molecular formula is C31H25ClN2O6. The summed E-state index contributed by atoms with van der Waals surface area (Å²) in [5, 5.41) is 2.17. The Balaban J connectivity index is 1.38. The standard InChI is InChI=1S/C31H25ClN2O6/c1-19-7-16-25-26(17-19)30(38)34(29(25)37)33(28(36)21-8-12-23(32)13-9-21)18-27(35)20-10-14-24(15-11-20)40-31(39)22-5-3-2-4-6-22/h2-15,25-26H,16-18H2,1H3/t25-,26-/m1/s1. The van der Waals surface area contributed by atoms with Crippen LogP contribution in [0.5, 0.6) is 5.75 Å². The highest BCUT2D eigenvalue weighted by molar-refractivity contribution is 6.30. The van der Waals surface area contributed by atoms with Crippen molar-refractivity contribution in [1.82, 2.24) is 10.0 Å². The Morgan fingerprint density at radius 3 is 2.15 bits per heavy atom. The molecule has 1 aliphatic carbocycles. The summed E-state index contributed by atoms with van der Waals surface area (Å²) in [6.07, 6.45) is 2.75. The maximum atomic E-state index is 13.6. The minimum atomic E-state index is -0.677. The van der Waals surface area contributed by atoms with Crippen molar-refractivity contribution in [3.63, 3.8) is 0 Å². The zero-order valence-corrected chi connectivity index (χ0v) is 22.3. The molecule has 2 aliphatic rings. The molecule has 202 valence electrons. The number of nitrogens with zero attached hydrogens (tertiary/aromatic N) is 2. The number of hydrogen-bond acceptors (Lipinski definition) is 6. The minimum absolute atomic E-state index is 0.171. The van der Waals surface area contributed by atoms with Gasteiger partial charge in [-0.15, -0.1) is 0 Å². The minimum Gasteiger partial charge on any atom is -0.423 e. The van der Waals surface area contributed by atoms with Gasteiger partial charge in [-0.05, 0) is 80.4 Å². The van der Waals surface area contributed by atoms with Gasteiger partial charge in [0, 0.05) is 16.1 Å². The van der Waals surface area contributed by atoms with E-state index in [1.54, 1.807) is 30.3 Å². The van der Waals surface area contributed by atoms with E-state index in [4.69, 9.17) is 16.3 Å². The Labute approximate surface area is 235 Å². The van der Waals surface area contributed by atoms with Crippen LogP contribution in [0, 0.1) is 11.8 Å². The molecule has 0 bridgehead atoms. The summed E-state index contributed by atoms with van der Waals surface area (Å²) in [5.41, 5.74) is 1.77. The van der Waals surface area contributed by atoms with Crippen molar-refractivity contribution in [1.29, 1.82) is 0 Å². The highest BCUT2D eigenvalue weighted by atomic mass is 35.5. The number of amides is 3. The SMILES string of the molecule is CC1=CC[C@H]2C(=O)N(N(CC(=O)c3ccc(OC(=O)c4ccccc4)cc3)C(=O)c3ccc(Cl)cc3)C(=O)[C@@H]2C1. The van der Waals surface area contributed by atoms with E-state index in [9.17, 15) is 24.0 Å². The van der Waals surface area contributed by atoms with Crippen LogP contribution >= 0.6 is 11.6 Å². The van der Waals surface area contributed by atoms with Crippen molar-refractivity contribution in [2.24, 2.45) is 11.8 Å². The molecule has 3 amide bonds. The first kappa shape index (κ1) is 27.0. The molecule has 9 heteroatoms. The number of carbonyl (C=O) groups is 5. The molecule has 0 saturated carbocycles. The number of imide groups is 1. The maximum Gasteiger partial charge on any atom is 0.343 e. The van der Waals surface area contributed by atoms with Crippen molar-refractivity contribution in [2.75, 3.05) is 6.54 Å². The van der Waals surface area contributed by atoms with Gasteiger partial charge in [-0.25, -0.2) is 9.80 Å². The fourth-order valence-corrected chi connectivity index (χ4v) is 5.04. The average Bonchev–Trinajstić information content (AvgIpc) is 3.21. The molecule has 5 rings (SSSR count). The largest absolute Gasteiger partial charge is 0.423 e. The second kappa shape index (κ2) is 11.3. The first-order valence-electron chi connectivity index (χ1n) is 12.7. The van der Waals surface area contributed by atoms with Crippen LogP contribution in [0.3, 0.4) is 0 Å². The summed E-state index contributed by atoms with van der Waals surface area (Å²) in [7, 11) is 0. The Bertz CT molecular complexity index is 1520. The van der Waals surface area contributed by atoms with E-state index in [1.165, 1.54) is 48.5 Å². The number of Topliss-reactive ketones (excluding diaryl/α,β-unsaturated/α-hetero) is 1. The molecule has 0 spiro atoms. The number of esters is 1. The zero-order chi connectivity index (χ0) is 28.4. The first-order chi connectivity index (χ1) is 19.2. The molecule has 1 aliphatic heterocycles. The Kier molecular flexibility index (Phi) is 7.62. The van der Waals surface area contributed by atoms with Crippen LogP contribution in [0.4, 0.5) is 0 Å². The average molecular weight is 557 g/mol. The fraction of sp³-hybridized carbons (Fsp3) is 0.194. The summed E-state index contributed by atoms with van der Waals surface area (Å²) in [6.45, 7) is 1.35. The van der Waals surface area contributed by atoms with Crippen LogP contribution in [-0.4, -0.2) is 46.0 Å². The molecule has 0 unspecified atom stereocenters. The Morgan fingerprint density at radius 2 is 1.48 bits per heavy atom. The van der Waals surface area contributed by atoms with E-state index in [2.05, 4.69) is 0 Å². The lowest BCUT2D eigenvalue weighted by Gasteiger charge is -2.30. The Hall–Kier alpha value is -4.56. The van der Waals surface area contributed by atoms with E-state index < -0.39 is 47.9 Å². The van der Waals surface area contributed by atoms with Crippen molar-refractivity contribution in [3.05, 3.63) is 112 Å². The molecule has 2 atom stereocenters. The van der Waals surface area contributed by atoms with Gasteiger partial charge < -0.3 is 4.74 Å². The van der Waals surface area contributed by atoms with E-state index in [-0.39, 0.29) is 16.9 Å². The molecule has 8 nitrogen and oxygen atoms in total. The van der Waals surface area contributed by atoms with Crippen molar-refractivity contribution >= 4 is 41.1 Å². The third kappa shape index (κ3) is 5.44. The third-order valence-electron chi connectivity index (χ3n) is 7.06. The van der Waals surface area contributed by atoms with Crippen LogP contribution < -0.4 is 4.74 Å². The number of halogens is 1.